The lowest BCUT2D eigenvalue weighted by atomic mass is 9.98. The van der Waals surface area contributed by atoms with Crippen molar-refractivity contribution in [1.29, 1.82) is 0 Å². The van der Waals surface area contributed by atoms with Crippen molar-refractivity contribution in [3.05, 3.63) is 0 Å². The van der Waals surface area contributed by atoms with E-state index in [0.717, 1.165) is 30.4 Å². The number of carbonyl (C=O) groups is 1. The minimum atomic E-state index is 0.349. The van der Waals surface area contributed by atoms with E-state index in [-0.39, 0.29) is 0 Å². The molecule has 0 amide bonds. The van der Waals surface area contributed by atoms with Gasteiger partial charge in [-0.15, -0.1) is 0 Å². The zero-order valence-corrected chi connectivity index (χ0v) is 9.30. The number of quaternary nitrogens is 1. The van der Waals surface area contributed by atoms with Crippen molar-refractivity contribution < 1.29 is 9.28 Å². The number of carbonyl (C=O) groups excluding carboxylic acids is 1. The molecule has 0 aromatic rings. The molecule has 1 saturated heterocycles. The van der Waals surface area contributed by atoms with Gasteiger partial charge < -0.3 is 4.48 Å². The van der Waals surface area contributed by atoms with Crippen LogP contribution in [0, 0.1) is 5.92 Å². The molecule has 0 unspecified atom stereocenters. The van der Waals surface area contributed by atoms with Crippen LogP contribution in [0.2, 0.25) is 0 Å². The molecule has 64 valence electrons. The highest BCUT2D eigenvalue weighted by molar-refractivity contribution is 14.1. The Morgan fingerprint density at radius 1 is 1.36 bits per heavy atom. The number of hydrogen-bond donors (Lipinski definition) is 0. The van der Waals surface area contributed by atoms with Gasteiger partial charge in [-0.1, -0.05) is 0 Å². The summed E-state index contributed by atoms with van der Waals surface area (Å²) in [5.74, 6) is 0.349. The van der Waals surface area contributed by atoms with Gasteiger partial charge in [0.1, 0.15) is 0 Å². The molecule has 1 aliphatic heterocycles. The first-order valence-corrected chi connectivity index (χ1v) is 5.10. The highest BCUT2D eigenvalue weighted by Crippen LogP contribution is 2.22. The van der Waals surface area contributed by atoms with Crippen molar-refractivity contribution in [2.45, 2.75) is 12.8 Å². The minimum Gasteiger partial charge on any atom is -0.328 e. The second-order valence-corrected chi connectivity index (χ2v) is 5.02. The number of rotatable bonds is 1. The molecule has 1 heterocycles. The molecule has 0 aliphatic carbocycles. The van der Waals surface area contributed by atoms with Crippen LogP contribution in [0.1, 0.15) is 12.8 Å². The molecule has 0 aromatic heterocycles. The molecule has 0 aromatic carbocycles. The van der Waals surface area contributed by atoms with Crippen LogP contribution in [0.15, 0.2) is 0 Å². The van der Waals surface area contributed by atoms with Gasteiger partial charge in [-0.25, -0.2) is 0 Å². The molecular formula is C8H15INO+. The zero-order chi connectivity index (χ0) is 8.48. The van der Waals surface area contributed by atoms with E-state index in [9.17, 15) is 4.79 Å². The fourth-order valence-electron chi connectivity index (χ4n) is 1.49. The van der Waals surface area contributed by atoms with E-state index in [1.54, 1.807) is 0 Å². The first kappa shape index (κ1) is 9.45. The fraction of sp³-hybridized carbons (Fsp3) is 0.875. The van der Waals surface area contributed by atoms with Crippen molar-refractivity contribution in [3.8, 4) is 0 Å². The molecule has 2 nitrogen and oxygen atoms in total. The molecule has 3 heteroatoms. The van der Waals surface area contributed by atoms with Gasteiger partial charge in [0.2, 0.25) is 0 Å². The van der Waals surface area contributed by atoms with Crippen LogP contribution >= 0.6 is 22.6 Å². The third-order valence-electron chi connectivity index (χ3n) is 2.49. The van der Waals surface area contributed by atoms with Crippen LogP contribution < -0.4 is 0 Å². The molecule has 1 aliphatic rings. The molecule has 0 saturated carbocycles. The van der Waals surface area contributed by atoms with Gasteiger partial charge >= 0.3 is 0 Å². The number of hydrogen-bond acceptors (Lipinski definition) is 1. The Kier molecular flexibility index (Phi) is 2.91. The normalized spacial score (nSPS) is 25.0. The lowest BCUT2D eigenvalue weighted by Gasteiger charge is -2.36. The van der Waals surface area contributed by atoms with Crippen LogP contribution in [0.25, 0.3) is 0 Å². The predicted octanol–water partition coefficient (Wildman–Crippen LogP) is 1.43. The van der Waals surface area contributed by atoms with Crippen LogP contribution in [-0.4, -0.2) is 35.5 Å². The standard InChI is InChI=1S/C8H15INO/c1-10(2)5-3-7(4-6-10)8(9)11/h7H,3-6H2,1-2H3/q+1. The maximum Gasteiger partial charge on any atom is 0.195 e. The number of piperidine rings is 1. The Hall–Kier alpha value is 0.360. The minimum absolute atomic E-state index is 0.349. The predicted molar refractivity (Wildman–Crippen MR) is 53.6 cm³/mol. The van der Waals surface area contributed by atoms with E-state index < -0.39 is 0 Å². The molecule has 0 radical (unpaired) electrons. The van der Waals surface area contributed by atoms with Crippen molar-refractivity contribution in [1.82, 2.24) is 0 Å². The Morgan fingerprint density at radius 2 is 1.82 bits per heavy atom. The fourth-order valence-corrected chi connectivity index (χ4v) is 2.12. The first-order chi connectivity index (χ1) is 5.01. The molecular weight excluding hydrogens is 253 g/mol. The quantitative estimate of drug-likeness (QED) is 0.399. The number of nitrogens with zero attached hydrogens (tertiary/aromatic N) is 1. The summed E-state index contributed by atoms with van der Waals surface area (Å²) in [6.45, 7) is 2.30. The summed E-state index contributed by atoms with van der Waals surface area (Å²) in [4.78, 5) is 11.0. The van der Waals surface area contributed by atoms with E-state index in [0.29, 0.717) is 9.71 Å². The number of halogens is 1. The van der Waals surface area contributed by atoms with E-state index in [4.69, 9.17) is 0 Å². The Morgan fingerprint density at radius 3 is 2.18 bits per heavy atom. The van der Waals surface area contributed by atoms with Gasteiger partial charge in [-0.2, -0.15) is 0 Å². The van der Waals surface area contributed by atoms with Crippen molar-refractivity contribution in [2.24, 2.45) is 5.92 Å². The molecule has 0 atom stereocenters. The summed E-state index contributed by atoms with van der Waals surface area (Å²) < 4.78 is 1.43. The first-order valence-electron chi connectivity index (χ1n) is 4.03. The van der Waals surface area contributed by atoms with Gasteiger partial charge in [-0.3, -0.25) is 4.79 Å². The third kappa shape index (κ3) is 2.71. The van der Waals surface area contributed by atoms with E-state index in [2.05, 4.69) is 14.1 Å². The molecule has 1 fully saturated rings. The van der Waals surface area contributed by atoms with Crippen LogP contribution in [0.3, 0.4) is 0 Å². The Balaban J connectivity index is 2.42. The maximum absolute atomic E-state index is 11.0. The highest BCUT2D eigenvalue weighted by atomic mass is 127. The smallest absolute Gasteiger partial charge is 0.195 e. The van der Waals surface area contributed by atoms with Crippen molar-refractivity contribution in [3.63, 3.8) is 0 Å². The van der Waals surface area contributed by atoms with Crippen molar-refractivity contribution in [2.75, 3.05) is 27.2 Å². The molecule has 0 bridgehead atoms. The average molecular weight is 268 g/mol. The molecule has 0 spiro atoms. The summed E-state index contributed by atoms with van der Waals surface area (Å²) in [7, 11) is 4.46. The Labute approximate surface area is 81.7 Å². The molecule has 11 heavy (non-hydrogen) atoms. The van der Waals surface area contributed by atoms with Gasteiger partial charge in [0, 0.05) is 18.8 Å². The number of likely N-dealkylation sites (tertiary alicyclic amines) is 1. The van der Waals surface area contributed by atoms with Gasteiger partial charge in [0.05, 0.1) is 27.2 Å². The summed E-state index contributed by atoms with van der Waals surface area (Å²) in [5, 5.41) is 0. The largest absolute Gasteiger partial charge is 0.328 e. The third-order valence-corrected chi connectivity index (χ3v) is 3.37. The van der Waals surface area contributed by atoms with Crippen LogP contribution in [0.5, 0.6) is 0 Å². The summed E-state index contributed by atoms with van der Waals surface area (Å²) >= 11 is 1.93. The van der Waals surface area contributed by atoms with Crippen molar-refractivity contribution >= 4 is 26.4 Å². The van der Waals surface area contributed by atoms with Crippen LogP contribution in [0.4, 0.5) is 0 Å². The zero-order valence-electron chi connectivity index (χ0n) is 7.14. The second-order valence-electron chi connectivity index (χ2n) is 3.96. The highest BCUT2D eigenvalue weighted by Gasteiger charge is 2.28. The van der Waals surface area contributed by atoms with E-state index in [1.165, 1.54) is 0 Å². The molecule has 0 N–H and O–H groups in total. The SMILES string of the molecule is C[N+]1(C)CCC(C(=O)I)CC1. The summed E-state index contributed by atoms with van der Waals surface area (Å²) in [6.07, 6.45) is 2.16. The van der Waals surface area contributed by atoms with Crippen LogP contribution in [-0.2, 0) is 4.79 Å². The lowest BCUT2D eigenvalue weighted by Crippen LogP contribution is -2.46. The topological polar surface area (TPSA) is 17.1 Å². The van der Waals surface area contributed by atoms with E-state index in [1.807, 2.05) is 22.6 Å². The van der Waals surface area contributed by atoms with Gasteiger partial charge in [0.25, 0.3) is 0 Å². The monoisotopic (exact) mass is 268 g/mol. The lowest BCUT2D eigenvalue weighted by molar-refractivity contribution is -0.895. The van der Waals surface area contributed by atoms with Gasteiger partial charge in [0.15, 0.2) is 3.79 Å². The summed E-state index contributed by atoms with van der Waals surface area (Å²) in [6, 6.07) is 0. The molecule has 1 rings (SSSR count). The summed E-state index contributed by atoms with van der Waals surface area (Å²) in [5.41, 5.74) is 0. The maximum atomic E-state index is 11.0. The second kappa shape index (κ2) is 3.39. The average Bonchev–Trinajstić information content (AvgIpc) is 1.86. The Bertz CT molecular complexity index is 157. The van der Waals surface area contributed by atoms with Gasteiger partial charge in [-0.05, 0) is 22.6 Å². The van der Waals surface area contributed by atoms with E-state index >= 15 is 0 Å².